The maximum Gasteiger partial charge on any atom is 0.223 e. The molecule has 4 heteroatoms. The number of ether oxygens (including phenoxy) is 1. The van der Waals surface area contributed by atoms with Gasteiger partial charge in [0, 0.05) is 18.0 Å². The molecule has 0 N–H and O–H groups in total. The number of methoxy groups -OCH3 is 1. The molecule has 2 aromatic rings. The highest BCUT2D eigenvalue weighted by molar-refractivity contribution is 8.02. The van der Waals surface area contributed by atoms with Gasteiger partial charge in [0.1, 0.15) is 5.75 Å². The number of benzene rings is 2. The first kappa shape index (κ1) is 16.2. The Hall–Kier alpha value is -2.20. The summed E-state index contributed by atoms with van der Waals surface area (Å²) < 4.78 is 5.14. The Bertz CT molecular complexity index is 623. The normalized spacial score (nSPS) is 10.6. The van der Waals surface area contributed by atoms with Crippen molar-refractivity contribution in [1.82, 2.24) is 4.90 Å². The Balaban J connectivity index is 1.98. The van der Waals surface area contributed by atoms with E-state index >= 15 is 0 Å². The van der Waals surface area contributed by atoms with Crippen molar-refractivity contribution in [2.24, 2.45) is 0 Å². The Morgan fingerprint density at radius 3 is 2.41 bits per heavy atom. The molecule has 0 aliphatic heterocycles. The number of nitrogens with zero attached hydrogens (tertiary/aromatic N) is 1. The first-order chi connectivity index (χ1) is 10.7. The molecule has 0 fully saturated rings. The molecule has 2 aromatic carbocycles. The van der Waals surface area contributed by atoms with Gasteiger partial charge in [-0.1, -0.05) is 42.1 Å². The van der Waals surface area contributed by atoms with E-state index in [1.54, 1.807) is 30.7 Å². The van der Waals surface area contributed by atoms with Gasteiger partial charge in [0.25, 0.3) is 0 Å². The molecular formula is C18H19NO2S. The molecule has 0 atom stereocenters. The van der Waals surface area contributed by atoms with Gasteiger partial charge < -0.3 is 9.64 Å². The molecule has 0 bridgehead atoms. The van der Waals surface area contributed by atoms with E-state index in [4.69, 9.17) is 4.74 Å². The maximum absolute atomic E-state index is 11.8. The van der Waals surface area contributed by atoms with Crippen molar-refractivity contribution in [2.45, 2.75) is 18.4 Å². The van der Waals surface area contributed by atoms with Crippen molar-refractivity contribution in [3.63, 3.8) is 0 Å². The second-order valence-corrected chi connectivity index (χ2v) is 5.69. The molecule has 0 radical (unpaired) electrons. The van der Waals surface area contributed by atoms with Crippen LogP contribution in [0.2, 0.25) is 0 Å². The molecule has 0 spiro atoms. The molecule has 0 aromatic heterocycles. The van der Waals surface area contributed by atoms with Gasteiger partial charge in [0.2, 0.25) is 5.91 Å². The van der Waals surface area contributed by atoms with E-state index in [2.05, 4.69) is 0 Å². The summed E-state index contributed by atoms with van der Waals surface area (Å²) in [6.45, 7) is 2.12. The van der Waals surface area contributed by atoms with Gasteiger partial charge in [-0.2, -0.15) is 0 Å². The van der Waals surface area contributed by atoms with Gasteiger partial charge >= 0.3 is 0 Å². The van der Waals surface area contributed by atoms with Crippen LogP contribution in [-0.2, 0) is 11.3 Å². The summed E-state index contributed by atoms with van der Waals surface area (Å²) in [6, 6.07) is 17.8. The third-order valence-corrected chi connectivity index (χ3v) is 3.91. The fourth-order valence-electron chi connectivity index (χ4n) is 1.88. The van der Waals surface area contributed by atoms with Crippen molar-refractivity contribution in [2.75, 3.05) is 7.11 Å². The van der Waals surface area contributed by atoms with Gasteiger partial charge in [-0.05, 0) is 35.2 Å². The van der Waals surface area contributed by atoms with E-state index in [1.807, 2.05) is 66.2 Å². The highest BCUT2D eigenvalue weighted by Gasteiger charge is 2.06. The number of thioether (sulfide) groups is 1. The van der Waals surface area contributed by atoms with Gasteiger partial charge in [0.05, 0.1) is 13.7 Å². The van der Waals surface area contributed by atoms with Crippen LogP contribution in [0.1, 0.15) is 12.5 Å². The Morgan fingerprint density at radius 2 is 1.82 bits per heavy atom. The Morgan fingerprint density at radius 1 is 1.14 bits per heavy atom. The average Bonchev–Trinajstić information content (AvgIpc) is 2.55. The van der Waals surface area contributed by atoms with Crippen LogP contribution in [0.5, 0.6) is 5.75 Å². The van der Waals surface area contributed by atoms with Crippen LogP contribution in [-0.4, -0.2) is 17.9 Å². The van der Waals surface area contributed by atoms with Crippen LogP contribution in [0.15, 0.2) is 71.1 Å². The quantitative estimate of drug-likeness (QED) is 0.744. The van der Waals surface area contributed by atoms with Crippen molar-refractivity contribution in [3.05, 3.63) is 71.8 Å². The van der Waals surface area contributed by atoms with Gasteiger partial charge in [-0.3, -0.25) is 4.79 Å². The monoisotopic (exact) mass is 313 g/mol. The van der Waals surface area contributed by atoms with E-state index in [1.165, 1.54) is 0 Å². The lowest BCUT2D eigenvalue weighted by molar-refractivity contribution is -0.126. The minimum atomic E-state index is 0.0146. The van der Waals surface area contributed by atoms with Crippen molar-refractivity contribution in [3.8, 4) is 5.75 Å². The molecular weight excluding hydrogens is 294 g/mol. The van der Waals surface area contributed by atoms with E-state index in [0.29, 0.717) is 6.54 Å². The third-order valence-electron chi connectivity index (χ3n) is 3.10. The van der Waals surface area contributed by atoms with E-state index in [-0.39, 0.29) is 5.91 Å². The standard InChI is InChI=1S/C18H19NO2S/c1-15(20)19(12-13-22-18-6-4-3-5-7-18)14-16-8-10-17(21-2)11-9-16/h3-13H,14H2,1-2H3/b13-12+. The molecule has 0 heterocycles. The molecule has 1 amide bonds. The zero-order chi connectivity index (χ0) is 15.8. The molecule has 2 rings (SSSR count). The van der Waals surface area contributed by atoms with Gasteiger partial charge in [-0.15, -0.1) is 0 Å². The molecule has 0 saturated heterocycles. The van der Waals surface area contributed by atoms with Crippen molar-refractivity contribution in [1.29, 1.82) is 0 Å². The lowest BCUT2D eigenvalue weighted by Crippen LogP contribution is -2.21. The fourth-order valence-corrected chi connectivity index (χ4v) is 2.56. The molecule has 114 valence electrons. The molecule has 0 aliphatic carbocycles. The van der Waals surface area contributed by atoms with Crippen LogP contribution in [0.25, 0.3) is 0 Å². The summed E-state index contributed by atoms with van der Waals surface area (Å²) in [6.07, 6.45) is 1.82. The molecule has 0 unspecified atom stereocenters. The zero-order valence-corrected chi connectivity index (χ0v) is 13.5. The topological polar surface area (TPSA) is 29.5 Å². The SMILES string of the molecule is COc1ccc(CN(/C=C/Sc2ccccc2)C(C)=O)cc1. The summed E-state index contributed by atoms with van der Waals surface area (Å²) in [5.74, 6) is 0.828. The Kier molecular flexibility index (Phi) is 6.10. The average molecular weight is 313 g/mol. The van der Waals surface area contributed by atoms with Gasteiger partial charge in [-0.25, -0.2) is 0 Å². The molecule has 0 aliphatic rings. The largest absolute Gasteiger partial charge is 0.497 e. The number of rotatable bonds is 6. The highest BCUT2D eigenvalue weighted by Crippen LogP contribution is 2.19. The zero-order valence-electron chi connectivity index (χ0n) is 12.7. The minimum Gasteiger partial charge on any atom is -0.497 e. The van der Waals surface area contributed by atoms with Crippen LogP contribution < -0.4 is 4.74 Å². The number of carbonyl (C=O) groups is 1. The van der Waals surface area contributed by atoms with E-state index in [9.17, 15) is 4.79 Å². The number of hydrogen-bond acceptors (Lipinski definition) is 3. The predicted octanol–water partition coefficient (Wildman–Crippen LogP) is 4.31. The molecule has 3 nitrogen and oxygen atoms in total. The van der Waals surface area contributed by atoms with Crippen LogP contribution in [0, 0.1) is 0 Å². The number of amides is 1. The summed E-state index contributed by atoms with van der Waals surface area (Å²) in [4.78, 5) is 14.6. The van der Waals surface area contributed by atoms with Crippen LogP contribution in [0.4, 0.5) is 0 Å². The number of hydrogen-bond donors (Lipinski definition) is 0. The molecule has 22 heavy (non-hydrogen) atoms. The lowest BCUT2D eigenvalue weighted by Gasteiger charge is -2.16. The van der Waals surface area contributed by atoms with Crippen molar-refractivity contribution < 1.29 is 9.53 Å². The summed E-state index contributed by atoms with van der Waals surface area (Å²) >= 11 is 1.59. The molecule has 0 saturated carbocycles. The second-order valence-electron chi connectivity index (χ2n) is 4.71. The predicted molar refractivity (Wildman–Crippen MR) is 90.7 cm³/mol. The third kappa shape index (κ3) is 4.97. The second kappa shape index (κ2) is 8.29. The maximum atomic E-state index is 11.8. The van der Waals surface area contributed by atoms with Crippen LogP contribution >= 0.6 is 11.8 Å². The minimum absolute atomic E-state index is 0.0146. The summed E-state index contributed by atoms with van der Waals surface area (Å²) in [5.41, 5.74) is 1.06. The van der Waals surface area contributed by atoms with Crippen molar-refractivity contribution >= 4 is 17.7 Å². The van der Waals surface area contributed by atoms with Crippen LogP contribution in [0.3, 0.4) is 0 Å². The fraction of sp³-hybridized carbons (Fsp3) is 0.167. The number of carbonyl (C=O) groups excluding carboxylic acids is 1. The lowest BCUT2D eigenvalue weighted by atomic mass is 10.2. The summed E-state index contributed by atoms with van der Waals surface area (Å²) in [5, 5.41) is 1.93. The first-order valence-electron chi connectivity index (χ1n) is 6.97. The van der Waals surface area contributed by atoms with E-state index < -0.39 is 0 Å². The Labute approximate surface area is 135 Å². The first-order valence-corrected chi connectivity index (χ1v) is 7.85. The van der Waals surface area contributed by atoms with E-state index in [0.717, 1.165) is 16.2 Å². The highest BCUT2D eigenvalue weighted by atomic mass is 32.2. The smallest absolute Gasteiger partial charge is 0.223 e. The summed E-state index contributed by atoms with van der Waals surface area (Å²) in [7, 11) is 1.64. The van der Waals surface area contributed by atoms with Gasteiger partial charge in [0.15, 0.2) is 0 Å².